The minimum absolute atomic E-state index is 0.0520. The molecule has 0 aliphatic carbocycles. The van der Waals surface area contributed by atoms with Crippen LogP contribution < -0.4 is 10.2 Å². The second kappa shape index (κ2) is 6.51. The number of hydrogen-bond donors (Lipinski definition) is 2. The Balaban J connectivity index is 2.70. The monoisotopic (exact) mass is 222 g/mol. The van der Waals surface area contributed by atoms with Gasteiger partial charge in [-0.1, -0.05) is 19.1 Å². The van der Waals surface area contributed by atoms with E-state index < -0.39 is 0 Å². The molecular formula is C13H22N2O. The van der Waals surface area contributed by atoms with Gasteiger partial charge in [0.25, 0.3) is 0 Å². The van der Waals surface area contributed by atoms with Gasteiger partial charge in [-0.05, 0) is 30.7 Å². The highest BCUT2D eigenvalue weighted by molar-refractivity contribution is 5.46. The average molecular weight is 222 g/mol. The number of benzene rings is 1. The number of hydrogen-bond acceptors (Lipinski definition) is 3. The van der Waals surface area contributed by atoms with Gasteiger partial charge in [0.15, 0.2) is 0 Å². The van der Waals surface area contributed by atoms with Crippen molar-refractivity contribution in [3.63, 3.8) is 0 Å². The molecule has 0 saturated carbocycles. The Morgan fingerprint density at radius 1 is 1.25 bits per heavy atom. The molecule has 0 bridgehead atoms. The third kappa shape index (κ3) is 3.51. The molecular weight excluding hydrogens is 200 g/mol. The number of anilines is 1. The second-order valence-corrected chi connectivity index (χ2v) is 4.18. The molecule has 1 atom stereocenters. The molecule has 0 amide bonds. The molecule has 3 heteroatoms. The van der Waals surface area contributed by atoms with Crippen LogP contribution in [0.2, 0.25) is 0 Å². The Morgan fingerprint density at radius 3 is 2.31 bits per heavy atom. The van der Waals surface area contributed by atoms with Crippen molar-refractivity contribution in [3.05, 3.63) is 29.8 Å². The minimum Gasteiger partial charge on any atom is -0.394 e. The van der Waals surface area contributed by atoms with E-state index in [-0.39, 0.29) is 12.6 Å². The lowest BCUT2D eigenvalue weighted by Gasteiger charge is -2.18. The summed E-state index contributed by atoms with van der Waals surface area (Å²) in [5, 5.41) is 12.6. The van der Waals surface area contributed by atoms with Crippen molar-refractivity contribution in [1.82, 2.24) is 5.32 Å². The second-order valence-electron chi connectivity index (χ2n) is 4.18. The van der Waals surface area contributed by atoms with Gasteiger partial charge in [-0.15, -0.1) is 0 Å². The van der Waals surface area contributed by atoms with Crippen LogP contribution >= 0.6 is 0 Å². The lowest BCUT2D eigenvalue weighted by Crippen LogP contribution is -2.25. The van der Waals surface area contributed by atoms with Crippen molar-refractivity contribution < 1.29 is 5.11 Å². The van der Waals surface area contributed by atoms with Crippen LogP contribution in [-0.2, 0) is 0 Å². The van der Waals surface area contributed by atoms with Gasteiger partial charge in [0.1, 0.15) is 0 Å². The Morgan fingerprint density at radius 2 is 1.88 bits per heavy atom. The van der Waals surface area contributed by atoms with Gasteiger partial charge in [0.2, 0.25) is 0 Å². The highest BCUT2D eigenvalue weighted by atomic mass is 16.3. The molecule has 2 N–H and O–H groups in total. The van der Waals surface area contributed by atoms with E-state index in [2.05, 4.69) is 41.4 Å². The van der Waals surface area contributed by atoms with Gasteiger partial charge < -0.3 is 15.3 Å². The lowest BCUT2D eigenvalue weighted by molar-refractivity contribution is 0.245. The summed E-state index contributed by atoms with van der Waals surface area (Å²) in [7, 11) is 4.04. The number of aliphatic hydroxyl groups is 1. The first-order valence-electron chi connectivity index (χ1n) is 5.80. The molecule has 0 saturated heterocycles. The average Bonchev–Trinajstić information content (AvgIpc) is 2.30. The molecule has 0 aromatic heterocycles. The molecule has 16 heavy (non-hydrogen) atoms. The molecule has 1 aromatic rings. The fraction of sp³-hybridized carbons (Fsp3) is 0.538. The molecule has 0 aliphatic rings. The number of nitrogens with one attached hydrogen (secondary N) is 1. The molecule has 0 heterocycles. The van der Waals surface area contributed by atoms with Crippen LogP contribution in [0.4, 0.5) is 5.69 Å². The summed E-state index contributed by atoms with van der Waals surface area (Å²) < 4.78 is 0. The zero-order chi connectivity index (χ0) is 12.0. The Bertz CT molecular complexity index is 295. The lowest BCUT2D eigenvalue weighted by atomic mass is 10.1. The van der Waals surface area contributed by atoms with E-state index in [0.29, 0.717) is 0 Å². The fourth-order valence-electron chi connectivity index (χ4n) is 1.61. The molecule has 0 aliphatic heterocycles. The van der Waals surface area contributed by atoms with E-state index in [1.165, 1.54) is 5.69 Å². The standard InChI is InChI=1S/C13H22N2O/c1-4-9-14-13(10-16)11-5-7-12(8-6-11)15(2)3/h5-8,13-14,16H,4,9-10H2,1-3H3. The Hall–Kier alpha value is -1.06. The highest BCUT2D eigenvalue weighted by Gasteiger charge is 2.08. The highest BCUT2D eigenvalue weighted by Crippen LogP contribution is 2.17. The first-order chi connectivity index (χ1) is 7.69. The summed E-state index contributed by atoms with van der Waals surface area (Å²) in [4.78, 5) is 2.07. The summed E-state index contributed by atoms with van der Waals surface area (Å²) in [6.07, 6.45) is 1.08. The van der Waals surface area contributed by atoms with Gasteiger partial charge in [0.05, 0.1) is 12.6 Å². The zero-order valence-electron chi connectivity index (χ0n) is 10.4. The summed E-state index contributed by atoms with van der Waals surface area (Å²) in [6, 6.07) is 8.34. The van der Waals surface area contributed by atoms with Crippen molar-refractivity contribution in [2.75, 3.05) is 32.1 Å². The van der Waals surface area contributed by atoms with Crippen molar-refractivity contribution >= 4 is 5.69 Å². The van der Waals surface area contributed by atoms with Gasteiger partial charge in [0, 0.05) is 19.8 Å². The van der Waals surface area contributed by atoms with Crippen LogP contribution in [0.25, 0.3) is 0 Å². The van der Waals surface area contributed by atoms with Gasteiger partial charge in [-0.3, -0.25) is 0 Å². The largest absolute Gasteiger partial charge is 0.394 e. The maximum absolute atomic E-state index is 9.31. The molecule has 0 radical (unpaired) electrons. The maximum atomic E-state index is 9.31. The molecule has 0 spiro atoms. The van der Waals surface area contributed by atoms with Crippen LogP contribution in [0, 0.1) is 0 Å². The van der Waals surface area contributed by atoms with Crippen LogP contribution in [0.1, 0.15) is 24.9 Å². The topological polar surface area (TPSA) is 35.5 Å². The number of rotatable bonds is 6. The molecule has 1 rings (SSSR count). The van der Waals surface area contributed by atoms with Gasteiger partial charge >= 0.3 is 0 Å². The summed E-state index contributed by atoms with van der Waals surface area (Å²) in [5.74, 6) is 0. The Labute approximate surface area is 98.1 Å². The molecule has 90 valence electrons. The predicted octanol–water partition coefficient (Wildman–Crippen LogP) is 1.79. The molecule has 1 aromatic carbocycles. The van der Waals surface area contributed by atoms with Crippen molar-refractivity contribution in [1.29, 1.82) is 0 Å². The van der Waals surface area contributed by atoms with E-state index in [4.69, 9.17) is 0 Å². The van der Waals surface area contributed by atoms with Crippen molar-refractivity contribution in [2.24, 2.45) is 0 Å². The summed E-state index contributed by atoms with van der Waals surface area (Å²) in [5.41, 5.74) is 2.32. The SMILES string of the molecule is CCCNC(CO)c1ccc(N(C)C)cc1. The zero-order valence-corrected chi connectivity index (χ0v) is 10.4. The quantitative estimate of drug-likeness (QED) is 0.770. The Kier molecular flexibility index (Phi) is 5.29. The summed E-state index contributed by atoms with van der Waals surface area (Å²) >= 11 is 0. The first-order valence-corrected chi connectivity index (χ1v) is 5.80. The normalized spacial score (nSPS) is 12.5. The number of nitrogens with zero attached hydrogens (tertiary/aromatic N) is 1. The first kappa shape index (κ1) is 13.0. The fourth-order valence-corrected chi connectivity index (χ4v) is 1.61. The minimum atomic E-state index is 0.0520. The van der Waals surface area contributed by atoms with Crippen LogP contribution in [-0.4, -0.2) is 32.4 Å². The van der Waals surface area contributed by atoms with Gasteiger partial charge in [-0.25, -0.2) is 0 Å². The van der Waals surface area contributed by atoms with Crippen molar-refractivity contribution in [2.45, 2.75) is 19.4 Å². The third-order valence-corrected chi connectivity index (χ3v) is 2.64. The summed E-state index contributed by atoms with van der Waals surface area (Å²) in [6.45, 7) is 3.19. The van der Waals surface area contributed by atoms with E-state index in [1.54, 1.807) is 0 Å². The number of aliphatic hydroxyl groups excluding tert-OH is 1. The van der Waals surface area contributed by atoms with E-state index in [0.717, 1.165) is 18.5 Å². The predicted molar refractivity (Wildman–Crippen MR) is 68.9 cm³/mol. The smallest absolute Gasteiger partial charge is 0.0626 e. The van der Waals surface area contributed by atoms with Gasteiger partial charge in [-0.2, -0.15) is 0 Å². The van der Waals surface area contributed by atoms with Crippen LogP contribution in [0.3, 0.4) is 0 Å². The van der Waals surface area contributed by atoms with Crippen LogP contribution in [0.5, 0.6) is 0 Å². The van der Waals surface area contributed by atoms with E-state index in [1.807, 2.05) is 14.1 Å². The third-order valence-electron chi connectivity index (χ3n) is 2.64. The molecule has 1 unspecified atom stereocenters. The van der Waals surface area contributed by atoms with Crippen molar-refractivity contribution in [3.8, 4) is 0 Å². The molecule has 0 fully saturated rings. The maximum Gasteiger partial charge on any atom is 0.0626 e. The van der Waals surface area contributed by atoms with E-state index >= 15 is 0 Å². The van der Waals surface area contributed by atoms with Crippen LogP contribution in [0.15, 0.2) is 24.3 Å². The van der Waals surface area contributed by atoms with E-state index in [9.17, 15) is 5.11 Å². The molecule has 3 nitrogen and oxygen atoms in total.